The van der Waals surface area contributed by atoms with Crippen LogP contribution < -0.4 is 10.0 Å². The second-order valence-corrected chi connectivity index (χ2v) is 8.42. The molecule has 5 heteroatoms. The van der Waals surface area contributed by atoms with E-state index in [-0.39, 0.29) is 6.04 Å². The normalized spacial score (nSPS) is 29.5. The van der Waals surface area contributed by atoms with Crippen molar-refractivity contribution < 1.29 is 8.42 Å². The molecule has 0 unspecified atom stereocenters. The number of sulfonamides is 1. The Morgan fingerprint density at radius 3 is 2.67 bits per heavy atom. The predicted octanol–water partition coefficient (Wildman–Crippen LogP) is 2.90. The van der Waals surface area contributed by atoms with Gasteiger partial charge in [0.1, 0.15) is 0 Å². The third-order valence-corrected chi connectivity index (χ3v) is 5.50. The lowest BCUT2D eigenvalue weighted by atomic mass is 9.94. The zero-order chi connectivity index (χ0) is 15.0. The van der Waals surface area contributed by atoms with Crippen LogP contribution in [0.25, 0.3) is 0 Å². The van der Waals surface area contributed by atoms with Gasteiger partial charge in [-0.1, -0.05) is 18.6 Å². The van der Waals surface area contributed by atoms with Crippen molar-refractivity contribution in [2.45, 2.75) is 44.7 Å². The van der Waals surface area contributed by atoms with Gasteiger partial charge in [-0.15, -0.1) is 0 Å². The van der Waals surface area contributed by atoms with Gasteiger partial charge in [0.05, 0.1) is 6.26 Å². The number of hydrogen-bond acceptors (Lipinski definition) is 3. The minimum atomic E-state index is -3.22. The van der Waals surface area contributed by atoms with Crippen molar-refractivity contribution >= 4 is 15.7 Å². The summed E-state index contributed by atoms with van der Waals surface area (Å²) in [6, 6.07) is 8.54. The standard InChI is InChI=1S/C16H24N2O2S/c1-11(17-16-9-12-6-7-14(16)8-12)13-4-3-5-15(10-13)18-21(2,19)20/h3-5,10-12,14,16-18H,6-9H2,1-2H3/t11-,12-,14-,16-/m0/s1. The van der Waals surface area contributed by atoms with Crippen molar-refractivity contribution in [2.75, 3.05) is 11.0 Å². The first-order chi connectivity index (χ1) is 9.90. The molecule has 4 atom stereocenters. The smallest absolute Gasteiger partial charge is 0.229 e. The van der Waals surface area contributed by atoms with E-state index in [1.807, 2.05) is 12.1 Å². The zero-order valence-corrected chi connectivity index (χ0v) is 13.5. The molecule has 0 aromatic heterocycles. The highest BCUT2D eigenvalue weighted by molar-refractivity contribution is 7.92. The molecule has 1 aromatic rings. The number of anilines is 1. The highest BCUT2D eigenvalue weighted by Gasteiger charge is 2.39. The number of nitrogens with one attached hydrogen (secondary N) is 2. The number of hydrogen-bond donors (Lipinski definition) is 2. The number of rotatable bonds is 5. The molecule has 0 saturated heterocycles. The van der Waals surface area contributed by atoms with Crippen LogP contribution in [0.5, 0.6) is 0 Å². The van der Waals surface area contributed by atoms with E-state index in [2.05, 4.69) is 23.0 Å². The molecule has 1 aromatic carbocycles. The Balaban J connectivity index is 1.67. The third-order valence-electron chi connectivity index (χ3n) is 4.89. The fourth-order valence-corrected chi connectivity index (χ4v) is 4.51. The lowest BCUT2D eigenvalue weighted by molar-refractivity contribution is 0.327. The molecular formula is C16H24N2O2S. The molecule has 0 radical (unpaired) electrons. The molecule has 3 rings (SSSR count). The third kappa shape index (κ3) is 3.58. The highest BCUT2D eigenvalue weighted by Crippen LogP contribution is 2.45. The van der Waals surface area contributed by atoms with Gasteiger partial charge in [0.15, 0.2) is 0 Å². The Kier molecular flexibility index (Phi) is 3.97. The van der Waals surface area contributed by atoms with Crippen molar-refractivity contribution in [2.24, 2.45) is 11.8 Å². The molecule has 2 N–H and O–H groups in total. The van der Waals surface area contributed by atoms with E-state index in [1.165, 1.54) is 31.9 Å². The molecule has 2 bridgehead atoms. The Morgan fingerprint density at radius 2 is 2.05 bits per heavy atom. The average molecular weight is 308 g/mol. The minimum Gasteiger partial charge on any atom is -0.307 e. The monoisotopic (exact) mass is 308 g/mol. The van der Waals surface area contributed by atoms with Crippen LogP contribution in [0.4, 0.5) is 5.69 Å². The van der Waals surface area contributed by atoms with E-state index in [9.17, 15) is 8.42 Å². The Bertz CT molecular complexity index is 614. The lowest BCUT2D eigenvalue weighted by Crippen LogP contribution is -2.35. The van der Waals surface area contributed by atoms with Gasteiger partial charge in [0, 0.05) is 17.8 Å². The first-order valence-corrected chi connectivity index (χ1v) is 9.63. The van der Waals surface area contributed by atoms with Gasteiger partial charge in [0.2, 0.25) is 10.0 Å². The molecule has 4 nitrogen and oxygen atoms in total. The van der Waals surface area contributed by atoms with Crippen LogP contribution in [0.15, 0.2) is 24.3 Å². The van der Waals surface area contributed by atoms with Crippen LogP contribution in [0.3, 0.4) is 0 Å². The first kappa shape index (κ1) is 14.9. The molecule has 116 valence electrons. The summed E-state index contributed by atoms with van der Waals surface area (Å²) in [6.45, 7) is 2.16. The molecule has 0 spiro atoms. The zero-order valence-electron chi connectivity index (χ0n) is 12.7. The van der Waals surface area contributed by atoms with Crippen molar-refractivity contribution in [3.63, 3.8) is 0 Å². The fraction of sp³-hybridized carbons (Fsp3) is 0.625. The van der Waals surface area contributed by atoms with Crippen molar-refractivity contribution in [3.05, 3.63) is 29.8 Å². The molecule has 2 saturated carbocycles. The Labute approximate surface area is 127 Å². The van der Waals surface area contributed by atoms with E-state index < -0.39 is 10.0 Å². The fourth-order valence-electron chi connectivity index (χ4n) is 3.95. The van der Waals surface area contributed by atoms with Crippen LogP contribution in [0.1, 0.15) is 44.2 Å². The van der Waals surface area contributed by atoms with Crippen molar-refractivity contribution in [3.8, 4) is 0 Å². The maximum atomic E-state index is 11.3. The van der Waals surface area contributed by atoms with Crippen molar-refractivity contribution in [1.82, 2.24) is 5.32 Å². The van der Waals surface area contributed by atoms with E-state index in [0.29, 0.717) is 11.7 Å². The SMILES string of the molecule is C[C@H](N[C@H]1C[C@H]2CC[C@H]1C2)c1cccc(NS(C)(=O)=O)c1. The molecular weight excluding hydrogens is 284 g/mol. The van der Waals surface area contributed by atoms with Gasteiger partial charge in [-0.05, 0) is 55.7 Å². The summed E-state index contributed by atoms with van der Waals surface area (Å²) in [4.78, 5) is 0. The second-order valence-electron chi connectivity index (χ2n) is 6.67. The maximum absolute atomic E-state index is 11.3. The van der Waals surface area contributed by atoms with Crippen LogP contribution in [-0.4, -0.2) is 20.7 Å². The van der Waals surface area contributed by atoms with E-state index in [0.717, 1.165) is 17.4 Å². The van der Waals surface area contributed by atoms with Gasteiger partial charge in [-0.2, -0.15) is 0 Å². The molecule has 0 amide bonds. The Hall–Kier alpha value is -1.07. The van der Waals surface area contributed by atoms with Gasteiger partial charge in [-0.3, -0.25) is 4.72 Å². The topological polar surface area (TPSA) is 58.2 Å². The van der Waals surface area contributed by atoms with Gasteiger partial charge in [-0.25, -0.2) is 8.42 Å². The Morgan fingerprint density at radius 1 is 1.24 bits per heavy atom. The lowest BCUT2D eigenvalue weighted by Gasteiger charge is -2.27. The maximum Gasteiger partial charge on any atom is 0.229 e. The predicted molar refractivity (Wildman–Crippen MR) is 85.7 cm³/mol. The minimum absolute atomic E-state index is 0.246. The summed E-state index contributed by atoms with van der Waals surface area (Å²) in [5.74, 6) is 1.77. The van der Waals surface area contributed by atoms with Crippen molar-refractivity contribution in [1.29, 1.82) is 0 Å². The van der Waals surface area contributed by atoms with Crippen LogP contribution >= 0.6 is 0 Å². The molecule has 0 aliphatic heterocycles. The quantitative estimate of drug-likeness (QED) is 0.879. The van der Waals surface area contributed by atoms with Crippen LogP contribution in [0.2, 0.25) is 0 Å². The van der Waals surface area contributed by atoms with Crippen LogP contribution in [0, 0.1) is 11.8 Å². The highest BCUT2D eigenvalue weighted by atomic mass is 32.2. The van der Waals surface area contributed by atoms with E-state index >= 15 is 0 Å². The molecule has 0 heterocycles. The molecule has 2 aliphatic rings. The van der Waals surface area contributed by atoms with Gasteiger partial charge >= 0.3 is 0 Å². The average Bonchev–Trinajstić information content (AvgIpc) is 2.99. The summed E-state index contributed by atoms with van der Waals surface area (Å²) in [5.41, 5.74) is 1.77. The van der Waals surface area contributed by atoms with E-state index in [1.54, 1.807) is 6.07 Å². The van der Waals surface area contributed by atoms with Gasteiger partial charge < -0.3 is 5.32 Å². The largest absolute Gasteiger partial charge is 0.307 e. The summed E-state index contributed by atoms with van der Waals surface area (Å²) in [6.07, 6.45) is 6.64. The van der Waals surface area contributed by atoms with Gasteiger partial charge in [0.25, 0.3) is 0 Å². The van der Waals surface area contributed by atoms with Crippen LogP contribution in [-0.2, 0) is 10.0 Å². The number of fused-ring (bicyclic) bond motifs is 2. The summed E-state index contributed by atoms with van der Waals surface area (Å²) in [7, 11) is -3.22. The number of benzene rings is 1. The molecule has 2 aliphatic carbocycles. The summed E-state index contributed by atoms with van der Waals surface area (Å²) in [5, 5.41) is 3.74. The first-order valence-electron chi connectivity index (χ1n) is 7.74. The summed E-state index contributed by atoms with van der Waals surface area (Å²) >= 11 is 0. The van der Waals surface area contributed by atoms with E-state index in [4.69, 9.17) is 0 Å². The second kappa shape index (κ2) is 5.61. The molecule has 21 heavy (non-hydrogen) atoms. The molecule has 2 fully saturated rings. The summed E-state index contributed by atoms with van der Waals surface area (Å²) < 4.78 is 25.2.